The highest BCUT2D eigenvalue weighted by Gasteiger charge is 2.17. The van der Waals surface area contributed by atoms with Gasteiger partial charge in [0.25, 0.3) is 0 Å². The molecule has 0 saturated heterocycles. The predicted molar refractivity (Wildman–Crippen MR) is 68.5 cm³/mol. The second kappa shape index (κ2) is 6.40. The molecular formula is C12H17F2NO3S. The highest BCUT2D eigenvalue weighted by Crippen LogP contribution is 2.19. The summed E-state index contributed by atoms with van der Waals surface area (Å²) in [6.45, 7) is 0.239. The second-order valence-electron chi connectivity index (χ2n) is 4.55. The molecule has 1 aromatic carbocycles. The molecule has 1 atom stereocenters. The van der Waals surface area contributed by atoms with E-state index < -0.39 is 27.6 Å². The van der Waals surface area contributed by atoms with Gasteiger partial charge in [-0.25, -0.2) is 17.2 Å². The average Bonchev–Trinajstić information content (AvgIpc) is 2.29. The standard InChI is InChI=1S/C12H17F2NO3S/c1-15(6-7-19(2,17)18)8-11(16)9-4-3-5-10(13)12(9)14/h3-5,11,16H,6-8H2,1-2H3. The highest BCUT2D eigenvalue weighted by molar-refractivity contribution is 7.90. The Morgan fingerprint density at radius 1 is 1.37 bits per heavy atom. The third kappa shape index (κ3) is 5.22. The maximum Gasteiger partial charge on any atom is 0.164 e. The minimum absolute atomic E-state index is 0.0237. The molecule has 0 heterocycles. The van der Waals surface area contributed by atoms with Gasteiger partial charge >= 0.3 is 0 Å². The molecule has 0 fully saturated rings. The number of halogens is 2. The number of benzene rings is 1. The van der Waals surface area contributed by atoms with Crippen molar-refractivity contribution in [3.05, 3.63) is 35.4 Å². The molecule has 108 valence electrons. The minimum Gasteiger partial charge on any atom is -0.387 e. The zero-order valence-electron chi connectivity index (χ0n) is 10.8. The Morgan fingerprint density at radius 2 is 2.00 bits per heavy atom. The fraction of sp³-hybridized carbons (Fsp3) is 0.500. The molecule has 0 aromatic heterocycles. The van der Waals surface area contributed by atoms with Crippen LogP contribution in [0.1, 0.15) is 11.7 Å². The van der Waals surface area contributed by atoms with E-state index in [1.807, 2.05) is 0 Å². The van der Waals surface area contributed by atoms with Crippen molar-refractivity contribution in [3.8, 4) is 0 Å². The van der Waals surface area contributed by atoms with Crippen LogP contribution in [-0.4, -0.2) is 50.6 Å². The number of rotatable bonds is 6. The van der Waals surface area contributed by atoms with Gasteiger partial charge in [0.15, 0.2) is 11.6 Å². The van der Waals surface area contributed by atoms with Crippen molar-refractivity contribution >= 4 is 9.84 Å². The lowest BCUT2D eigenvalue weighted by Gasteiger charge is -2.20. The number of likely N-dealkylation sites (N-methyl/N-ethyl adjacent to an activating group) is 1. The SMILES string of the molecule is CN(CCS(C)(=O)=O)CC(O)c1cccc(F)c1F. The van der Waals surface area contributed by atoms with E-state index in [1.165, 1.54) is 12.1 Å². The zero-order chi connectivity index (χ0) is 14.6. The maximum absolute atomic E-state index is 13.4. The molecule has 0 spiro atoms. The van der Waals surface area contributed by atoms with Gasteiger partial charge in [0.1, 0.15) is 9.84 Å². The number of hydrogen-bond acceptors (Lipinski definition) is 4. The van der Waals surface area contributed by atoms with Crippen LogP contribution in [0.5, 0.6) is 0 Å². The van der Waals surface area contributed by atoms with Crippen molar-refractivity contribution in [2.45, 2.75) is 6.10 Å². The number of aliphatic hydroxyl groups excluding tert-OH is 1. The van der Waals surface area contributed by atoms with Crippen LogP contribution < -0.4 is 0 Å². The van der Waals surface area contributed by atoms with Gasteiger partial charge in [0.2, 0.25) is 0 Å². The molecule has 1 rings (SSSR count). The maximum atomic E-state index is 13.4. The van der Waals surface area contributed by atoms with Crippen LogP contribution in [0.4, 0.5) is 8.78 Å². The topological polar surface area (TPSA) is 57.6 Å². The van der Waals surface area contributed by atoms with E-state index in [2.05, 4.69) is 0 Å². The summed E-state index contributed by atoms with van der Waals surface area (Å²) in [6, 6.07) is 3.58. The number of aliphatic hydroxyl groups is 1. The van der Waals surface area contributed by atoms with Crippen LogP contribution in [0.3, 0.4) is 0 Å². The molecule has 7 heteroatoms. The Labute approximate surface area is 111 Å². The summed E-state index contributed by atoms with van der Waals surface area (Å²) < 4.78 is 48.4. The zero-order valence-corrected chi connectivity index (χ0v) is 11.6. The Hall–Kier alpha value is -1.05. The van der Waals surface area contributed by atoms with E-state index in [9.17, 15) is 22.3 Å². The van der Waals surface area contributed by atoms with E-state index >= 15 is 0 Å². The predicted octanol–water partition coefficient (Wildman–Crippen LogP) is 0.975. The van der Waals surface area contributed by atoms with Gasteiger partial charge in [-0.15, -0.1) is 0 Å². The smallest absolute Gasteiger partial charge is 0.164 e. The summed E-state index contributed by atoms with van der Waals surface area (Å²) in [5.41, 5.74) is -0.133. The molecule has 0 aliphatic carbocycles. The minimum atomic E-state index is -3.09. The molecule has 1 aromatic rings. The van der Waals surface area contributed by atoms with Crippen molar-refractivity contribution in [1.82, 2.24) is 4.90 Å². The number of hydrogen-bond donors (Lipinski definition) is 1. The normalized spacial score (nSPS) is 13.8. The van der Waals surface area contributed by atoms with Gasteiger partial charge in [-0.05, 0) is 13.1 Å². The fourth-order valence-corrected chi connectivity index (χ4v) is 2.23. The molecule has 0 amide bonds. The quantitative estimate of drug-likeness (QED) is 0.849. The van der Waals surface area contributed by atoms with Crippen LogP contribution in [0, 0.1) is 11.6 Å². The van der Waals surface area contributed by atoms with Crippen LogP contribution >= 0.6 is 0 Å². The van der Waals surface area contributed by atoms with E-state index in [0.29, 0.717) is 0 Å². The summed E-state index contributed by atoms with van der Waals surface area (Å²) in [6.07, 6.45) is -0.0935. The van der Waals surface area contributed by atoms with Crippen LogP contribution in [0.15, 0.2) is 18.2 Å². The lowest BCUT2D eigenvalue weighted by molar-refractivity contribution is 0.125. The lowest BCUT2D eigenvalue weighted by atomic mass is 10.1. The molecular weight excluding hydrogens is 276 g/mol. The largest absolute Gasteiger partial charge is 0.387 e. The van der Waals surface area contributed by atoms with E-state index in [4.69, 9.17) is 0 Å². The van der Waals surface area contributed by atoms with Gasteiger partial charge < -0.3 is 10.0 Å². The number of nitrogens with zero attached hydrogens (tertiary/aromatic N) is 1. The molecule has 0 radical (unpaired) electrons. The van der Waals surface area contributed by atoms with E-state index in [0.717, 1.165) is 12.3 Å². The van der Waals surface area contributed by atoms with Gasteiger partial charge in [-0.2, -0.15) is 0 Å². The average molecular weight is 293 g/mol. The first-order valence-corrected chi connectivity index (χ1v) is 7.75. The summed E-state index contributed by atoms with van der Waals surface area (Å²) in [7, 11) is -1.49. The van der Waals surface area contributed by atoms with Crippen molar-refractivity contribution in [1.29, 1.82) is 0 Å². The first-order chi connectivity index (χ1) is 8.70. The fourth-order valence-electron chi connectivity index (χ4n) is 1.58. The van der Waals surface area contributed by atoms with E-state index in [-0.39, 0.29) is 24.4 Å². The third-order valence-corrected chi connectivity index (χ3v) is 3.59. The Morgan fingerprint density at radius 3 is 2.58 bits per heavy atom. The molecule has 0 bridgehead atoms. The van der Waals surface area contributed by atoms with Crippen molar-refractivity contribution < 1.29 is 22.3 Å². The van der Waals surface area contributed by atoms with E-state index in [1.54, 1.807) is 11.9 Å². The molecule has 0 aliphatic heterocycles. The van der Waals surface area contributed by atoms with Gasteiger partial charge in [0, 0.05) is 24.9 Å². The second-order valence-corrected chi connectivity index (χ2v) is 6.81. The first-order valence-electron chi connectivity index (χ1n) is 5.69. The van der Waals surface area contributed by atoms with Gasteiger partial charge in [-0.1, -0.05) is 12.1 Å². The molecule has 0 aliphatic rings. The van der Waals surface area contributed by atoms with Crippen LogP contribution in [0.25, 0.3) is 0 Å². The van der Waals surface area contributed by atoms with Crippen molar-refractivity contribution in [2.75, 3.05) is 32.1 Å². The molecule has 1 N–H and O–H groups in total. The molecule has 1 unspecified atom stereocenters. The molecule has 4 nitrogen and oxygen atoms in total. The van der Waals surface area contributed by atoms with Gasteiger partial charge in [0.05, 0.1) is 11.9 Å². The molecule has 0 saturated carbocycles. The van der Waals surface area contributed by atoms with Gasteiger partial charge in [-0.3, -0.25) is 0 Å². The Kier molecular flexibility index (Phi) is 5.39. The van der Waals surface area contributed by atoms with Crippen LogP contribution in [0.2, 0.25) is 0 Å². The first kappa shape index (κ1) is 16.0. The number of sulfone groups is 1. The third-order valence-electron chi connectivity index (χ3n) is 2.67. The Bertz CT molecular complexity index is 534. The lowest BCUT2D eigenvalue weighted by Crippen LogP contribution is -2.29. The highest BCUT2D eigenvalue weighted by atomic mass is 32.2. The van der Waals surface area contributed by atoms with Crippen molar-refractivity contribution in [2.24, 2.45) is 0 Å². The Balaban J connectivity index is 2.64. The molecule has 19 heavy (non-hydrogen) atoms. The monoisotopic (exact) mass is 293 g/mol. The van der Waals surface area contributed by atoms with Crippen molar-refractivity contribution in [3.63, 3.8) is 0 Å². The summed E-state index contributed by atoms with van der Waals surface area (Å²) in [4.78, 5) is 1.55. The summed E-state index contributed by atoms with van der Waals surface area (Å²) >= 11 is 0. The van der Waals surface area contributed by atoms with Crippen LogP contribution in [-0.2, 0) is 9.84 Å². The summed E-state index contributed by atoms with van der Waals surface area (Å²) in [5.74, 6) is -2.15. The summed E-state index contributed by atoms with van der Waals surface area (Å²) in [5, 5.41) is 9.83.